The highest BCUT2D eigenvalue weighted by Crippen LogP contribution is 2.26. The molecule has 0 saturated heterocycles. The molecular formula is C19H17NO. The molecule has 0 fully saturated rings. The van der Waals surface area contributed by atoms with Crippen LogP contribution in [0.4, 0.5) is 5.69 Å². The van der Waals surface area contributed by atoms with Crippen LogP contribution < -0.4 is 5.73 Å². The lowest BCUT2D eigenvalue weighted by molar-refractivity contribution is 0.220. The summed E-state index contributed by atoms with van der Waals surface area (Å²) in [5, 5.41) is 10.4. The Morgan fingerprint density at radius 3 is 1.67 bits per heavy atom. The van der Waals surface area contributed by atoms with E-state index in [1.165, 1.54) is 5.56 Å². The predicted octanol–water partition coefficient (Wildman–Crippen LogP) is 4.02. The van der Waals surface area contributed by atoms with Crippen LogP contribution in [0.15, 0.2) is 78.9 Å². The van der Waals surface area contributed by atoms with Crippen LogP contribution in [-0.2, 0) is 0 Å². The van der Waals surface area contributed by atoms with Crippen LogP contribution in [0.1, 0.15) is 17.2 Å². The summed E-state index contributed by atoms with van der Waals surface area (Å²) in [7, 11) is 0. The molecule has 0 saturated carbocycles. The van der Waals surface area contributed by atoms with Crippen LogP contribution in [0.25, 0.3) is 11.1 Å². The Hall–Kier alpha value is -2.58. The van der Waals surface area contributed by atoms with Gasteiger partial charge in [-0.05, 0) is 34.4 Å². The fourth-order valence-corrected chi connectivity index (χ4v) is 2.36. The van der Waals surface area contributed by atoms with Crippen molar-refractivity contribution >= 4 is 5.69 Å². The van der Waals surface area contributed by atoms with Crippen molar-refractivity contribution in [2.24, 2.45) is 0 Å². The summed E-state index contributed by atoms with van der Waals surface area (Å²) in [5.41, 5.74) is 10.4. The average molecular weight is 275 g/mol. The van der Waals surface area contributed by atoms with Gasteiger partial charge < -0.3 is 10.8 Å². The molecule has 0 bridgehead atoms. The highest BCUT2D eigenvalue weighted by molar-refractivity contribution is 5.63. The number of anilines is 1. The van der Waals surface area contributed by atoms with Crippen molar-refractivity contribution in [2.75, 3.05) is 5.73 Å². The number of benzene rings is 3. The quantitative estimate of drug-likeness (QED) is 0.709. The van der Waals surface area contributed by atoms with E-state index in [0.717, 1.165) is 16.7 Å². The maximum absolute atomic E-state index is 10.4. The normalized spacial score (nSPS) is 12.0. The van der Waals surface area contributed by atoms with Gasteiger partial charge in [0.1, 0.15) is 6.10 Å². The second-order valence-electron chi connectivity index (χ2n) is 5.06. The molecular weight excluding hydrogens is 258 g/mol. The van der Waals surface area contributed by atoms with Gasteiger partial charge >= 0.3 is 0 Å². The van der Waals surface area contributed by atoms with E-state index >= 15 is 0 Å². The first-order chi connectivity index (χ1) is 10.2. The second kappa shape index (κ2) is 5.81. The molecule has 3 aromatic rings. The third-order valence-electron chi connectivity index (χ3n) is 3.59. The molecule has 2 nitrogen and oxygen atoms in total. The monoisotopic (exact) mass is 275 g/mol. The molecule has 0 aliphatic carbocycles. The van der Waals surface area contributed by atoms with Gasteiger partial charge in [0.05, 0.1) is 0 Å². The van der Waals surface area contributed by atoms with Crippen molar-refractivity contribution in [3.05, 3.63) is 90.0 Å². The van der Waals surface area contributed by atoms with E-state index < -0.39 is 6.10 Å². The molecule has 0 aliphatic heterocycles. The Labute approximate surface area is 124 Å². The van der Waals surface area contributed by atoms with Crippen molar-refractivity contribution in [2.45, 2.75) is 6.10 Å². The third-order valence-corrected chi connectivity index (χ3v) is 3.59. The van der Waals surface area contributed by atoms with E-state index in [2.05, 4.69) is 12.1 Å². The van der Waals surface area contributed by atoms with Gasteiger partial charge in [0.15, 0.2) is 0 Å². The molecule has 3 N–H and O–H groups in total. The summed E-state index contributed by atoms with van der Waals surface area (Å²) in [6.45, 7) is 0. The first-order valence-corrected chi connectivity index (χ1v) is 6.93. The molecule has 0 amide bonds. The zero-order valence-electron chi connectivity index (χ0n) is 11.6. The van der Waals surface area contributed by atoms with Crippen LogP contribution in [-0.4, -0.2) is 5.11 Å². The zero-order chi connectivity index (χ0) is 14.7. The van der Waals surface area contributed by atoms with E-state index in [-0.39, 0.29) is 0 Å². The summed E-state index contributed by atoms with van der Waals surface area (Å²) < 4.78 is 0. The van der Waals surface area contributed by atoms with Crippen LogP contribution in [0.2, 0.25) is 0 Å². The maximum Gasteiger partial charge on any atom is 0.104 e. The number of nitrogen functional groups attached to an aromatic ring is 1. The van der Waals surface area contributed by atoms with Gasteiger partial charge in [-0.2, -0.15) is 0 Å². The number of rotatable bonds is 3. The number of aliphatic hydroxyl groups excluding tert-OH is 1. The van der Waals surface area contributed by atoms with Crippen LogP contribution in [0.5, 0.6) is 0 Å². The predicted molar refractivity (Wildman–Crippen MR) is 86.8 cm³/mol. The summed E-state index contributed by atoms with van der Waals surface area (Å²) in [5.74, 6) is 0. The molecule has 0 radical (unpaired) electrons. The molecule has 0 heterocycles. The average Bonchev–Trinajstić information content (AvgIpc) is 2.56. The summed E-state index contributed by atoms with van der Waals surface area (Å²) in [6, 6.07) is 25.5. The highest BCUT2D eigenvalue weighted by Gasteiger charge is 2.10. The van der Waals surface area contributed by atoms with Crippen LogP contribution in [0.3, 0.4) is 0 Å². The van der Waals surface area contributed by atoms with E-state index in [4.69, 9.17) is 5.73 Å². The standard InChI is InChI=1S/C19H17NO/c20-18-12-10-17(11-13-18)19(21)16-8-6-15(7-9-16)14-4-2-1-3-5-14/h1-13,19,21H,20H2/t19-/m1/s1. The lowest BCUT2D eigenvalue weighted by Crippen LogP contribution is -1.99. The van der Waals surface area contributed by atoms with Gasteiger partial charge in [0.2, 0.25) is 0 Å². The Bertz CT molecular complexity index is 703. The van der Waals surface area contributed by atoms with Gasteiger partial charge in [-0.1, -0.05) is 66.7 Å². The molecule has 0 aromatic heterocycles. The summed E-state index contributed by atoms with van der Waals surface area (Å²) in [4.78, 5) is 0. The topological polar surface area (TPSA) is 46.2 Å². The summed E-state index contributed by atoms with van der Waals surface area (Å²) >= 11 is 0. The lowest BCUT2D eigenvalue weighted by atomic mass is 9.98. The Kier molecular flexibility index (Phi) is 3.71. The van der Waals surface area contributed by atoms with Crippen LogP contribution >= 0.6 is 0 Å². The van der Waals surface area contributed by atoms with E-state index in [0.29, 0.717) is 5.69 Å². The van der Waals surface area contributed by atoms with Crippen molar-refractivity contribution < 1.29 is 5.11 Å². The second-order valence-corrected chi connectivity index (χ2v) is 5.06. The number of aliphatic hydroxyl groups is 1. The van der Waals surface area contributed by atoms with Gasteiger partial charge in [-0.15, -0.1) is 0 Å². The number of hydrogen-bond acceptors (Lipinski definition) is 2. The largest absolute Gasteiger partial charge is 0.399 e. The fraction of sp³-hybridized carbons (Fsp3) is 0.0526. The molecule has 3 aromatic carbocycles. The Morgan fingerprint density at radius 1 is 0.619 bits per heavy atom. The fourth-order valence-electron chi connectivity index (χ4n) is 2.36. The molecule has 3 rings (SSSR count). The number of hydrogen-bond donors (Lipinski definition) is 2. The molecule has 0 unspecified atom stereocenters. The van der Waals surface area contributed by atoms with Crippen molar-refractivity contribution in [1.29, 1.82) is 0 Å². The molecule has 0 spiro atoms. The first-order valence-electron chi connectivity index (χ1n) is 6.93. The van der Waals surface area contributed by atoms with Crippen molar-refractivity contribution in [3.63, 3.8) is 0 Å². The minimum absolute atomic E-state index is 0.629. The Balaban J connectivity index is 1.85. The Morgan fingerprint density at radius 2 is 1.10 bits per heavy atom. The molecule has 0 aliphatic rings. The minimum Gasteiger partial charge on any atom is -0.399 e. The summed E-state index contributed by atoms with van der Waals surface area (Å²) in [6.07, 6.45) is -0.629. The zero-order valence-corrected chi connectivity index (χ0v) is 11.6. The van der Waals surface area contributed by atoms with E-state index in [9.17, 15) is 5.11 Å². The van der Waals surface area contributed by atoms with Gasteiger partial charge in [0, 0.05) is 5.69 Å². The van der Waals surface area contributed by atoms with Gasteiger partial charge in [-0.3, -0.25) is 0 Å². The van der Waals surface area contributed by atoms with E-state index in [1.54, 1.807) is 12.1 Å². The lowest BCUT2D eigenvalue weighted by Gasteiger charge is -2.12. The van der Waals surface area contributed by atoms with Gasteiger partial charge in [0.25, 0.3) is 0 Å². The SMILES string of the molecule is Nc1ccc([C@H](O)c2ccc(-c3ccccc3)cc2)cc1. The minimum atomic E-state index is -0.629. The molecule has 104 valence electrons. The van der Waals surface area contributed by atoms with E-state index in [1.807, 2.05) is 54.6 Å². The maximum atomic E-state index is 10.4. The molecule has 2 heteroatoms. The van der Waals surface area contributed by atoms with Crippen molar-refractivity contribution in [1.82, 2.24) is 0 Å². The molecule has 1 atom stereocenters. The highest BCUT2D eigenvalue weighted by atomic mass is 16.3. The van der Waals surface area contributed by atoms with Gasteiger partial charge in [-0.25, -0.2) is 0 Å². The first kappa shape index (κ1) is 13.4. The molecule has 21 heavy (non-hydrogen) atoms. The number of nitrogens with two attached hydrogens (primary N) is 1. The van der Waals surface area contributed by atoms with Crippen molar-refractivity contribution in [3.8, 4) is 11.1 Å². The third kappa shape index (κ3) is 2.96. The smallest absolute Gasteiger partial charge is 0.104 e. The van der Waals surface area contributed by atoms with Crippen LogP contribution in [0, 0.1) is 0 Å².